The molecular weight excluding hydrogens is 245 g/mol. The monoisotopic (exact) mass is 267 g/mol. The first-order valence-corrected chi connectivity index (χ1v) is 6.73. The molecule has 5 heteroatoms. The summed E-state index contributed by atoms with van der Waals surface area (Å²) in [4.78, 5) is 2.31. The molecule has 1 saturated heterocycles. The van der Waals surface area contributed by atoms with Gasteiger partial charge in [0.15, 0.2) is 0 Å². The van der Waals surface area contributed by atoms with Crippen LogP contribution in [0.15, 0.2) is 18.2 Å². The molecule has 0 radical (unpaired) electrons. The van der Waals surface area contributed by atoms with Gasteiger partial charge in [0.05, 0.1) is 0 Å². The summed E-state index contributed by atoms with van der Waals surface area (Å²) in [6.07, 6.45) is -1.11. The molecule has 1 atom stereocenters. The van der Waals surface area contributed by atoms with Gasteiger partial charge in [0.1, 0.15) is 18.5 Å². The maximum absolute atomic E-state index is 13.1. The molecule has 1 aliphatic heterocycles. The Kier molecular flexibility index (Phi) is 4.99. The highest BCUT2D eigenvalue weighted by atomic mass is 19.1. The Labute approximate surface area is 113 Å². The van der Waals surface area contributed by atoms with E-state index in [1.54, 1.807) is 0 Å². The molecule has 1 heterocycles. The Morgan fingerprint density at radius 3 is 2.79 bits per heavy atom. The summed E-state index contributed by atoms with van der Waals surface area (Å²) in [5, 5.41) is 3.33. The van der Waals surface area contributed by atoms with Crippen LogP contribution in [0.25, 0.3) is 0 Å². The second kappa shape index (κ2) is 6.73. The number of rotatable bonds is 5. The van der Waals surface area contributed by atoms with Gasteiger partial charge >= 0.3 is 0 Å². The number of ether oxygens (including phenoxy) is 1. The third-order valence-electron chi connectivity index (χ3n) is 3.20. The first-order chi connectivity index (χ1) is 9.19. The molecule has 1 aliphatic rings. The van der Waals surface area contributed by atoms with Crippen molar-refractivity contribution in [3.8, 4) is 5.75 Å². The highest BCUT2D eigenvalue weighted by molar-refractivity contribution is 5.53. The lowest BCUT2D eigenvalue weighted by Gasteiger charge is -2.30. The highest BCUT2D eigenvalue weighted by Crippen LogP contribution is 2.24. The Balaban J connectivity index is 2.05. The molecule has 0 unspecified atom stereocenters. The van der Waals surface area contributed by atoms with Crippen LogP contribution in [-0.4, -0.2) is 45.5 Å². The molecule has 1 fully saturated rings. The minimum atomic E-state index is -1.11. The number of halogens is 1. The number of hydrogen-bond acceptors (Lipinski definition) is 4. The zero-order valence-corrected chi connectivity index (χ0v) is 11.4. The molecule has 0 saturated carbocycles. The van der Waals surface area contributed by atoms with E-state index >= 15 is 0 Å². The summed E-state index contributed by atoms with van der Waals surface area (Å²) < 4.78 is 18.6. The maximum Gasteiger partial charge on any atom is 0.146 e. The van der Waals surface area contributed by atoms with Crippen LogP contribution in [0, 0.1) is 6.92 Å². The van der Waals surface area contributed by atoms with Crippen molar-refractivity contribution < 1.29 is 9.13 Å². The molecule has 19 heavy (non-hydrogen) atoms. The fourth-order valence-corrected chi connectivity index (χ4v) is 2.17. The van der Waals surface area contributed by atoms with E-state index in [9.17, 15) is 4.39 Å². The van der Waals surface area contributed by atoms with Gasteiger partial charge in [-0.3, -0.25) is 0 Å². The average molecular weight is 267 g/mol. The van der Waals surface area contributed by atoms with E-state index < -0.39 is 6.17 Å². The number of nitrogens with one attached hydrogen (secondary N) is 1. The highest BCUT2D eigenvalue weighted by Gasteiger charge is 2.12. The second-order valence-corrected chi connectivity index (χ2v) is 4.89. The largest absolute Gasteiger partial charge is 0.490 e. The molecule has 1 aromatic carbocycles. The van der Waals surface area contributed by atoms with Gasteiger partial charge in [-0.1, -0.05) is 0 Å². The molecule has 0 aromatic heterocycles. The van der Waals surface area contributed by atoms with Crippen molar-refractivity contribution in [2.24, 2.45) is 5.73 Å². The lowest BCUT2D eigenvalue weighted by Crippen LogP contribution is -2.43. The number of nitrogens with two attached hydrogens (primary N) is 1. The van der Waals surface area contributed by atoms with Gasteiger partial charge in [0, 0.05) is 44.5 Å². The molecular formula is C14H22FN3O. The van der Waals surface area contributed by atoms with E-state index in [1.165, 1.54) is 0 Å². The molecule has 0 aliphatic carbocycles. The first-order valence-electron chi connectivity index (χ1n) is 6.73. The van der Waals surface area contributed by atoms with Crippen molar-refractivity contribution in [3.63, 3.8) is 0 Å². The van der Waals surface area contributed by atoms with E-state index in [1.807, 2.05) is 19.1 Å². The summed E-state index contributed by atoms with van der Waals surface area (Å²) in [6, 6.07) is 6.03. The van der Waals surface area contributed by atoms with Gasteiger partial charge < -0.3 is 20.7 Å². The van der Waals surface area contributed by atoms with Crippen LogP contribution in [0.1, 0.15) is 5.56 Å². The number of benzene rings is 1. The summed E-state index contributed by atoms with van der Waals surface area (Å²) >= 11 is 0. The van der Waals surface area contributed by atoms with Gasteiger partial charge in [-0.05, 0) is 24.6 Å². The summed E-state index contributed by atoms with van der Waals surface area (Å²) in [7, 11) is 0. The van der Waals surface area contributed by atoms with Crippen LogP contribution in [0.3, 0.4) is 0 Å². The van der Waals surface area contributed by atoms with Gasteiger partial charge in [0.2, 0.25) is 0 Å². The molecule has 3 N–H and O–H groups in total. The molecule has 0 bridgehead atoms. The Bertz CT molecular complexity index is 408. The SMILES string of the molecule is Cc1cc(OC[C@H](F)CN)cc(N2CCNCC2)c1. The fraction of sp³-hybridized carbons (Fsp3) is 0.571. The summed E-state index contributed by atoms with van der Waals surface area (Å²) in [5.41, 5.74) is 7.50. The molecule has 2 rings (SSSR count). The number of alkyl halides is 1. The topological polar surface area (TPSA) is 50.5 Å². The molecule has 4 nitrogen and oxygen atoms in total. The van der Waals surface area contributed by atoms with E-state index in [0.29, 0.717) is 5.75 Å². The molecule has 1 aromatic rings. The van der Waals surface area contributed by atoms with Crippen molar-refractivity contribution in [1.29, 1.82) is 0 Å². The van der Waals surface area contributed by atoms with Gasteiger partial charge in [-0.2, -0.15) is 0 Å². The molecule has 0 amide bonds. The zero-order chi connectivity index (χ0) is 13.7. The Hall–Kier alpha value is -1.33. The zero-order valence-electron chi connectivity index (χ0n) is 11.4. The van der Waals surface area contributed by atoms with E-state index in [0.717, 1.165) is 37.4 Å². The van der Waals surface area contributed by atoms with Crippen molar-refractivity contribution in [1.82, 2.24) is 5.32 Å². The quantitative estimate of drug-likeness (QED) is 0.838. The predicted molar refractivity (Wildman–Crippen MR) is 75.7 cm³/mol. The van der Waals surface area contributed by atoms with Crippen molar-refractivity contribution in [2.45, 2.75) is 13.1 Å². The van der Waals surface area contributed by atoms with Crippen LogP contribution in [0.5, 0.6) is 5.75 Å². The van der Waals surface area contributed by atoms with Crippen LogP contribution in [0.4, 0.5) is 10.1 Å². The van der Waals surface area contributed by atoms with Crippen molar-refractivity contribution >= 4 is 5.69 Å². The summed E-state index contributed by atoms with van der Waals surface area (Å²) in [5.74, 6) is 0.713. The Morgan fingerprint density at radius 1 is 1.37 bits per heavy atom. The standard InChI is InChI=1S/C14H22FN3O/c1-11-6-13(18-4-2-17-3-5-18)8-14(7-11)19-10-12(15)9-16/h6-8,12,17H,2-5,9-10,16H2,1H3/t12-/m1/s1. The minimum Gasteiger partial charge on any atom is -0.490 e. The minimum absolute atomic E-state index is 0.00350. The van der Waals surface area contributed by atoms with E-state index in [2.05, 4.69) is 16.3 Å². The smallest absolute Gasteiger partial charge is 0.146 e. The summed E-state index contributed by atoms with van der Waals surface area (Å²) in [6.45, 7) is 5.98. The van der Waals surface area contributed by atoms with E-state index in [4.69, 9.17) is 10.5 Å². The molecule has 106 valence electrons. The lowest BCUT2D eigenvalue weighted by molar-refractivity contribution is 0.201. The van der Waals surface area contributed by atoms with Gasteiger partial charge in [0.25, 0.3) is 0 Å². The van der Waals surface area contributed by atoms with Crippen molar-refractivity contribution in [2.75, 3.05) is 44.2 Å². The number of anilines is 1. The van der Waals surface area contributed by atoms with Crippen LogP contribution < -0.4 is 20.7 Å². The average Bonchev–Trinajstić information content (AvgIpc) is 2.45. The third kappa shape index (κ3) is 4.08. The van der Waals surface area contributed by atoms with Crippen LogP contribution in [-0.2, 0) is 0 Å². The lowest BCUT2D eigenvalue weighted by atomic mass is 10.2. The maximum atomic E-state index is 13.1. The number of hydrogen-bond donors (Lipinski definition) is 2. The normalized spacial score (nSPS) is 17.3. The third-order valence-corrected chi connectivity index (χ3v) is 3.20. The number of aryl methyl sites for hydroxylation is 1. The Morgan fingerprint density at radius 2 is 2.11 bits per heavy atom. The van der Waals surface area contributed by atoms with Crippen molar-refractivity contribution in [3.05, 3.63) is 23.8 Å². The van der Waals surface area contributed by atoms with Gasteiger partial charge in [-0.25, -0.2) is 4.39 Å². The first kappa shape index (κ1) is 14.1. The molecule has 0 spiro atoms. The van der Waals surface area contributed by atoms with E-state index in [-0.39, 0.29) is 13.2 Å². The number of piperazine rings is 1. The van der Waals surface area contributed by atoms with Crippen LogP contribution >= 0.6 is 0 Å². The predicted octanol–water partition coefficient (Wildman–Crippen LogP) is 1.08. The number of nitrogens with zero attached hydrogens (tertiary/aromatic N) is 1. The van der Waals surface area contributed by atoms with Gasteiger partial charge in [-0.15, -0.1) is 0 Å². The second-order valence-electron chi connectivity index (χ2n) is 4.89. The van der Waals surface area contributed by atoms with Crippen LogP contribution in [0.2, 0.25) is 0 Å². The fourth-order valence-electron chi connectivity index (χ4n) is 2.17.